The van der Waals surface area contributed by atoms with Gasteiger partial charge in [0.25, 0.3) is 5.91 Å². The molecule has 0 spiro atoms. The number of imide groups is 1. The van der Waals surface area contributed by atoms with Crippen molar-refractivity contribution in [1.29, 1.82) is 0 Å². The van der Waals surface area contributed by atoms with E-state index in [2.05, 4.69) is 5.32 Å². The van der Waals surface area contributed by atoms with Crippen molar-refractivity contribution in [2.45, 2.75) is 39.2 Å². The first-order chi connectivity index (χ1) is 13.4. The minimum atomic E-state index is -1.02. The topological polar surface area (TPSA) is 92.8 Å². The average Bonchev–Trinajstić information content (AvgIpc) is 3.33. The molecule has 1 heterocycles. The molecule has 1 aliphatic heterocycles. The summed E-state index contributed by atoms with van der Waals surface area (Å²) >= 11 is 0. The molecule has 1 N–H and O–H groups in total. The molecule has 1 saturated heterocycles. The van der Waals surface area contributed by atoms with Gasteiger partial charge in [-0.1, -0.05) is 12.1 Å². The predicted molar refractivity (Wildman–Crippen MR) is 99.9 cm³/mol. The fourth-order valence-electron chi connectivity index (χ4n) is 5.10. The highest BCUT2D eigenvalue weighted by molar-refractivity contribution is 6.08. The molecule has 1 aromatic carbocycles. The Labute approximate surface area is 163 Å². The third-order valence-electron chi connectivity index (χ3n) is 6.34. The highest BCUT2D eigenvalue weighted by atomic mass is 16.5. The van der Waals surface area contributed by atoms with E-state index >= 15 is 0 Å². The van der Waals surface area contributed by atoms with Gasteiger partial charge in [-0.15, -0.1) is 0 Å². The van der Waals surface area contributed by atoms with E-state index in [0.717, 1.165) is 29.7 Å². The number of amides is 3. The largest absolute Gasteiger partial charge is 0.454 e. The van der Waals surface area contributed by atoms with Gasteiger partial charge in [0.1, 0.15) is 6.04 Å². The van der Waals surface area contributed by atoms with Crippen LogP contribution in [0.5, 0.6) is 0 Å². The Morgan fingerprint density at radius 2 is 1.82 bits per heavy atom. The van der Waals surface area contributed by atoms with Gasteiger partial charge in [-0.05, 0) is 62.6 Å². The number of hydrogen-bond donors (Lipinski definition) is 1. The fraction of sp³-hybridized carbons (Fsp3) is 0.524. The third kappa shape index (κ3) is 3.08. The zero-order valence-corrected chi connectivity index (χ0v) is 16.0. The number of ether oxygens (including phenoxy) is 1. The summed E-state index contributed by atoms with van der Waals surface area (Å²) in [5, 5.41) is 2.65. The number of carbonyl (C=O) groups excluding carboxylic acids is 4. The molecule has 5 atom stereocenters. The number of likely N-dealkylation sites (tertiary alicyclic amines) is 1. The van der Waals surface area contributed by atoms with E-state index in [-0.39, 0.29) is 35.5 Å². The van der Waals surface area contributed by atoms with Crippen molar-refractivity contribution in [3.8, 4) is 0 Å². The number of hydrogen-bond acceptors (Lipinski definition) is 5. The Balaban J connectivity index is 1.34. The molecule has 2 saturated carbocycles. The summed E-state index contributed by atoms with van der Waals surface area (Å²) in [7, 11) is 0. The molecule has 0 unspecified atom stereocenters. The van der Waals surface area contributed by atoms with Gasteiger partial charge in [0.2, 0.25) is 11.8 Å². The summed E-state index contributed by atoms with van der Waals surface area (Å²) in [5.41, 5.74) is 1.61. The summed E-state index contributed by atoms with van der Waals surface area (Å²) in [6.45, 7) is 2.92. The van der Waals surface area contributed by atoms with Gasteiger partial charge in [0, 0.05) is 5.69 Å². The SMILES string of the molecule is Cc1cccc(NC(=O)COC(=O)[C@H](C)N2C(=O)[C@@H]3[C@H]4CC[C@@H](C4)[C@H]3C2=O)c1. The lowest BCUT2D eigenvalue weighted by Gasteiger charge is -2.23. The van der Waals surface area contributed by atoms with Crippen LogP contribution in [-0.4, -0.2) is 41.2 Å². The lowest BCUT2D eigenvalue weighted by Crippen LogP contribution is -2.45. The zero-order chi connectivity index (χ0) is 20.0. The van der Waals surface area contributed by atoms with Gasteiger partial charge in [0.15, 0.2) is 6.61 Å². The maximum absolute atomic E-state index is 12.8. The van der Waals surface area contributed by atoms with Crippen molar-refractivity contribution in [2.75, 3.05) is 11.9 Å². The maximum atomic E-state index is 12.8. The van der Waals surface area contributed by atoms with Crippen LogP contribution >= 0.6 is 0 Å². The monoisotopic (exact) mass is 384 g/mol. The summed E-state index contributed by atoms with van der Waals surface area (Å²) < 4.78 is 5.07. The van der Waals surface area contributed by atoms with E-state index in [1.54, 1.807) is 12.1 Å². The molecule has 7 nitrogen and oxygen atoms in total. The Bertz CT molecular complexity index is 823. The standard InChI is InChI=1S/C21H24N2O5/c1-11-4-3-5-15(8-11)22-16(24)10-28-21(27)12(2)23-19(25)17-13-6-7-14(9-13)18(17)20(23)26/h3-5,8,12-14,17-18H,6-7,9-10H2,1-2H3,(H,22,24)/t12-,13-,14-,17+,18+/m0/s1. The van der Waals surface area contributed by atoms with Crippen LogP contribution in [0.4, 0.5) is 5.69 Å². The zero-order valence-electron chi connectivity index (χ0n) is 16.0. The van der Waals surface area contributed by atoms with Gasteiger partial charge < -0.3 is 10.1 Å². The van der Waals surface area contributed by atoms with Crippen molar-refractivity contribution >= 4 is 29.4 Å². The fourth-order valence-corrected chi connectivity index (χ4v) is 5.10. The molecule has 2 bridgehead atoms. The second kappa shape index (κ2) is 7.04. The maximum Gasteiger partial charge on any atom is 0.329 e. The van der Waals surface area contributed by atoms with E-state index in [1.807, 2.05) is 19.1 Å². The van der Waals surface area contributed by atoms with Gasteiger partial charge in [-0.25, -0.2) is 4.79 Å². The number of nitrogens with one attached hydrogen (secondary N) is 1. The molecule has 1 aromatic rings. The van der Waals surface area contributed by atoms with Crippen LogP contribution in [0.25, 0.3) is 0 Å². The molecule has 28 heavy (non-hydrogen) atoms. The number of carbonyl (C=O) groups is 4. The highest BCUT2D eigenvalue weighted by Crippen LogP contribution is 2.56. The van der Waals surface area contributed by atoms with Crippen LogP contribution in [0.2, 0.25) is 0 Å². The van der Waals surface area contributed by atoms with Crippen LogP contribution in [-0.2, 0) is 23.9 Å². The second-order valence-corrected chi connectivity index (χ2v) is 8.13. The number of nitrogens with zero attached hydrogens (tertiary/aromatic N) is 1. The van der Waals surface area contributed by atoms with Gasteiger partial charge in [0.05, 0.1) is 11.8 Å². The molecular formula is C21H24N2O5. The van der Waals surface area contributed by atoms with Crippen LogP contribution in [0.1, 0.15) is 31.7 Å². The molecule has 4 rings (SSSR count). The minimum Gasteiger partial charge on any atom is -0.454 e. The van der Waals surface area contributed by atoms with Crippen molar-refractivity contribution in [1.82, 2.24) is 4.90 Å². The van der Waals surface area contributed by atoms with E-state index in [4.69, 9.17) is 4.74 Å². The second-order valence-electron chi connectivity index (χ2n) is 8.13. The van der Waals surface area contributed by atoms with Crippen molar-refractivity contribution in [2.24, 2.45) is 23.7 Å². The Kier molecular flexibility index (Phi) is 4.69. The molecule has 2 aliphatic carbocycles. The number of benzene rings is 1. The van der Waals surface area contributed by atoms with Crippen molar-refractivity contribution < 1.29 is 23.9 Å². The van der Waals surface area contributed by atoms with Gasteiger partial charge >= 0.3 is 5.97 Å². The number of anilines is 1. The first kappa shape index (κ1) is 18.7. The molecule has 148 valence electrons. The quantitative estimate of drug-likeness (QED) is 0.618. The Hall–Kier alpha value is -2.70. The van der Waals surface area contributed by atoms with Gasteiger partial charge in [-0.3, -0.25) is 19.3 Å². The first-order valence-electron chi connectivity index (χ1n) is 9.77. The van der Waals surface area contributed by atoms with Crippen molar-refractivity contribution in [3.05, 3.63) is 29.8 Å². The average molecular weight is 384 g/mol. The summed E-state index contributed by atoms with van der Waals surface area (Å²) in [5.74, 6) is -1.74. The number of fused-ring (bicyclic) bond motifs is 5. The summed E-state index contributed by atoms with van der Waals surface area (Å²) in [6, 6.07) is 6.24. The number of aryl methyl sites for hydroxylation is 1. The van der Waals surface area contributed by atoms with E-state index < -0.39 is 24.5 Å². The van der Waals surface area contributed by atoms with Crippen LogP contribution in [0.15, 0.2) is 24.3 Å². The Morgan fingerprint density at radius 3 is 2.43 bits per heavy atom. The number of rotatable bonds is 5. The molecular weight excluding hydrogens is 360 g/mol. The molecule has 3 aliphatic rings. The normalized spacial score (nSPS) is 29.0. The summed E-state index contributed by atoms with van der Waals surface area (Å²) in [6.07, 6.45) is 2.91. The summed E-state index contributed by atoms with van der Waals surface area (Å²) in [4.78, 5) is 51.0. The van der Waals surface area contributed by atoms with Crippen LogP contribution < -0.4 is 5.32 Å². The van der Waals surface area contributed by atoms with Crippen molar-refractivity contribution in [3.63, 3.8) is 0 Å². The minimum absolute atomic E-state index is 0.254. The molecule has 3 amide bonds. The molecule has 0 radical (unpaired) electrons. The Morgan fingerprint density at radius 1 is 1.18 bits per heavy atom. The van der Waals surface area contributed by atoms with E-state index in [1.165, 1.54) is 6.92 Å². The first-order valence-corrected chi connectivity index (χ1v) is 9.77. The smallest absolute Gasteiger partial charge is 0.329 e. The molecule has 0 aromatic heterocycles. The molecule has 3 fully saturated rings. The van der Waals surface area contributed by atoms with E-state index in [0.29, 0.717) is 5.69 Å². The van der Waals surface area contributed by atoms with Crippen LogP contribution in [0.3, 0.4) is 0 Å². The van der Waals surface area contributed by atoms with E-state index in [9.17, 15) is 19.2 Å². The molecule has 7 heteroatoms. The highest BCUT2D eigenvalue weighted by Gasteiger charge is 2.62. The predicted octanol–water partition coefficient (Wildman–Crippen LogP) is 1.90. The van der Waals surface area contributed by atoms with Gasteiger partial charge in [-0.2, -0.15) is 0 Å². The van der Waals surface area contributed by atoms with Crippen LogP contribution in [0, 0.1) is 30.6 Å². The lowest BCUT2D eigenvalue weighted by atomic mass is 9.81. The number of esters is 1. The lowest BCUT2D eigenvalue weighted by molar-refractivity contribution is -0.159. The third-order valence-corrected chi connectivity index (χ3v) is 6.34.